The number of nitrogens with zero attached hydrogens (tertiary/aromatic N) is 1. The first-order chi connectivity index (χ1) is 9.58. The van der Waals surface area contributed by atoms with Gasteiger partial charge in [-0.05, 0) is 55.2 Å². The molecular formula is C17H22N2O. The zero-order valence-corrected chi connectivity index (χ0v) is 12.4. The van der Waals surface area contributed by atoms with Gasteiger partial charge in [0.15, 0.2) is 0 Å². The van der Waals surface area contributed by atoms with Gasteiger partial charge in [0.1, 0.15) is 0 Å². The van der Waals surface area contributed by atoms with E-state index in [9.17, 15) is 5.11 Å². The highest BCUT2D eigenvalue weighted by Gasteiger charge is 2.08. The molecule has 2 N–H and O–H groups in total. The molecule has 0 bridgehead atoms. The zero-order chi connectivity index (χ0) is 14.5. The van der Waals surface area contributed by atoms with Crippen LogP contribution in [0.25, 0.3) is 0 Å². The average molecular weight is 270 g/mol. The summed E-state index contributed by atoms with van der Waals surface area (Å²) in [5.74, 6) is 0. The maximum atomic E-state index is 10.1. The van der Waals surface area contributed by atoms with E-state index in [1.165, 1.54) is 22.3 Å². The third kappa shape index (κ3) is 3.65. The summed E-state index contributed by atoms with van der Waals surface area (Å²) in [6.45, 7) is 7.70. The lowest BCUT2D eigenvalue weighted by Gasteiger charge is -2.15. The summed E-state index contributed by atoms with van der Waals surface area (Å²) in [4.78, 5) is 3.96. The van der Waals surface area contributed by atoms with Crippen molar-refractivity contribution in [2.75, 3.05) is 6.54 Å². The van der Waals surface area contributed by atoms with Crippen LogP contribution in [0.5, 0.6) is 0 Å². The largest absolute Gasteiger partial charge is 0.387 e. The molecule has 0 amide bonds. The first-order valence-corrected chi connectivity index (χ1v) is 6.93. The van der Waals surface area contributed by atoms with E-state index < -0.39 is 6.10 Å². The van der Waals surface area contributed by atoms with Crippen molar-refractivity contribution < 1.29 is 5.11 Å². The average Bonchev–Trinajstić information content (AvgIpc) is 2.42. The van der Waals surface area contributed by atoms with E-state index >= 15 is 0 Å². The van der Waals surface area contributed by atoms with Crippen molar-refractivity contribution in [3.05, 3.63) is 64.5 Å². The standard InChI is InChI=1S/C17H22N2O/c1-12-8-13(2)16(14(3)9-12)10-19-11-17(20)15-4-6-18-7-5-15/h4-9,17,19-20H,10-11H2,1-3H3. The molecule has 1 unspecified atom stereocenters. The van der Waals surface area contributed by atoms with E-state index in [1.807, 2.05) is 12.1 Å². The maximum absolute atomic E-state index is 10.1. The minimum atomic E-state index is -0.496. The van der Waals surface area contributed by atoms with Crippen molar-refractivity contribution in [3.63, 3.8) is 0 Å². The van der Waals surface area contributed by atoms with Gasteiger partial charge in [0.25, 0.3) is 0 Å². The van der Waals surface area contributed by atoms with Crippen molar-refractivity contribution in [1.82, 2.24) is 10.3 Å². The topological polar surface area (TPSA) is 45.1 Å². The van der Waals surface area contributed by atoms with Gasteiger partial charge in [-0.15, -0.1) is 0 Å². The van der Waals surface area contributed by atoms with Crippen LogP contribution in [0.2, 0.25) is 0 Å². The van der Waals surface area contributed by atoms with Crippen molar-refractivity contribution >= 4 is 0 Å². The predicted octanol–water partition coefficient (Wildman–Crippen LogP) is 2.83. The molecule has 0 spiro atoms. The molecule has 1 atom stereocenters. The van der Waals surface area contributed by atoms with Crippen LogP contribution in [0.4, 0.5) is 0 Å². The molecule has 0 aliphatic heterocycles. The van der Waals surface area contributed by atoms with Gasteiger partial charge in [0, 0.05) is 25.5 Å². The predicted molar refractivity (Wildman–Crippen MR) is 81.6 cm³/mol. The van der Waals surface area contributed by atoms with E-state index in [2.05, 4.69) is 43.2 Å². The number of aryl methyl sites for hydroxylation is 3. The lowest BCUT2D eigenvalue weighted by Crippen LogP contribution is -2.22. The fourth-order valence-corrected chi connectivity index (χ4v) is 2.53. The second kappa shape index (κ2) is 6.64. The smallest absolute Gasteiger partial charge is 0.0915 e. The molecule has 0 saturated heterocycles. The van der Waals surface area contributed by atoms with Crippen LogP contribution in [0.15, 0.2) is 36.7 Å². The maximum Gasteiger partial charge on any atom is 0.0915 e. The molecule has 0 fully saturated rings. The van der Waals surface area contributed by atoms with Crippen molar-refractivity contribution in [1.29, 1.82) is 0 Å². The molecule has 0 radical (unpaired) electrons. The van der Waals surface area contributed by atoms with E-state index in [-0.39, 0.29) is 0 Å². The second-order valence-electron chi connectivity index (χ2n) is 5.30. The molecule has 1 aromatic heterocycles. The van der Waals surface area contributed by atoms with Gasteiger partial charge in [0.2, 0.25) is 0 Å². The molecule has 3 nitrogen and oxygen atoms in total. The van der Waals surface area contributed by atoms with Crippen molar-refractivity contribution in [3.8, 4) is 0 Å². The van der Waals surface area contributed by atoms with Crippen molar-refractivity contribution in [2.45, 2.75) is 33.4 Å². The highest BCUT2D eigenvalue weighted by molar-refractivity contribution is 5.37. The molecule has 2 aromatic rings. The Morgan fingerprint density at radius 1 is 1.10 bits per heavy atom. The zero-order valence-electron chi connectivity index (χ0n) is 12.4. The molecule has 20 heavy (non-hydrogen) atoms. The van der Waals surface area contributed by atoms with Gasteiger partial charge in [-0.3, -0.25) is 4.98 Å². The minimum absolute atomic E-state index is 0.496. The molecular weight excluding hydrogens is 248 g/mol. The van der Waals surface area contributed by atoms with E-state index in [1.54, 1.807) is 12.4 Å². The molecule has 3 heteroatoms. The normalized spacial score (nSPS) is 12.4. The Hall–Kier alpha value is -1.71. The van der Waals surface area contributed by atoms with E-state index in [0.717, 1.165) is 12.1 Å². The number of rotatable bonds is 5. The number of nitrogens with one attached hydrogen (secondary N) is 1. The molecule has 1 aromatic carbocycles. The molecule has 0 aliphatic rings. The van der Waals surface area contributed by atoms with Crippen LogP contribution >= 0.6 is 0 Å². The minimum Gasteiger partial charge on any atom is -0.387 e. The van der Waals surface area contributed by atoms with Crippen LogP contribution in [-0.2, 0) is 6.54 Å². The Bertz CT molecular complexity index is 543. The van der Waals surface area contributed by atoms with Crippen LogP contribution < -0.4 is 5.32 Å². The molecule has 106 valence electrons. The summed E-state index contributed by atoms with van der Waals surface area (Å²) in [6.07, 6.45) is 2.91. The Labute approximate surface area is 120 Å². The van der Waals surface area contributed by atoms with E-state index in [0.29, 0.717) is 6.54 Å². The Kier molecular flexibility index (Phi) is 4.88. The fraction of sp³-hybridized carbons (Fsp3) is 0.353. The van der Waals surface area contributed by atoms with Gasteiger partial charge in [-0.2, -0.15) is 0 Å². The van der Waals surface area contributed by atoms with Crippen LogP contribution in [0.3, 0.4) is 0 Å². The number of hydrogen-bond acceptors (Lipinski definition) is 3. The molecule has 1 heterocycles. The molecule has 0 aliphatic carbocycles. The third-order valence-corrected chi connectivity index (χ3v) is 3.57. The van der Waals surface area contributed by atoms with Gasteiger partial charge < -0.3 is 10.4 Å². The summed E-state index contributed by atoms with van der Waals surface area (Å²) in [5.41, 5.74) is 6.10. The Balaban J connectivity index is 1.94. The van der Waals surface area contributed by atoms with Crippen LogP contribution in [-0.4, -0.2) is 16.6 Å². The summed E-state index contributed by atoms with van der Waals surface area (Å²) in [7, 11) is 0. The summed E-state index contributed by atoms with van der Waals surface area (Å²) >= 11 is 0. The summed E-state index contributed by atoms with van der Waals surface area (Å²) in [6, 6.07) is 8.08. The lowest BCUT2D eigenvalue weighted by atomic mass is 10.00. The second-order valence-corrected chi connectivity index (χ2v) is 5.30. The number of aliphatic hydroxyl groups is 1. The highest BCUT2D eigenvalue weighted by Crippen LogP contribution is 2.16. The number of hydrogen-bond donors (Lipinski definition) is 2. The summed E-state index contributed by atoms with van der Waals surface area (Å²) in [5, 5.41) is 13.4. The monoisotopic (exact) mass is 270 g/mol. The number of aliphatic hydroxyl groups excluding tert-OH is 1. The van der Waals surface area contributed by atoms with Gasteiger partial charge in [0.05, 0.1) is 6.10 Å². The van der Waals surface area contributed by atoms with Crippen LogP contribution in [0, 0.1) is 20.8 Å². The SMILES string of the molecule is Cc1cc(C)c(CNCC(O)c2ccncc2)c(C)c1. The number of pyridine rings is 1. The van der Waals surface area contributed by atoms with Gasteiger partial charge in [-0.25, -0.2) is 0 Å². The Morgan fingerprint density at radius 3 is 2.30 bits per heavy atom. The third-order valence-electron chi connectivity index (χ3n) is 3.57. The number of benzene rings is 1. The molecule has 0 saturated carbocycles. The summed E-state index contributed by atoms with van der Waals surface area (Å²) < 4.78 is 0. The first kappa shape index (κ1) is 14.7. The fourth-order valence-electron chi connectivity index (χ4n) is 2.53. The Morgan fingerprint density at radius 2 is 1.70 bits per heavy atom. The van der Waals surface area contributed by atoms with Crippen LogP contribution in [0.1, 0.15) is 33.9 Å². The number of aromatic nitrogens is 1. The first-order valence-electron chi connectivity index (χ1n) is 6.93. The lowest BCUT2D eigenvalue weighted by molar-refractivity contribution is 0.174. The molecule has 2 rings (SSSR count). The quantitative estimate of drug-likeness (QED) is 0.878. The van der Waals surface area contributed by atoms with Gasteiger partial charge in [-0.1, -0.05) is 17.7 Å². The highest BCUT2D eigenvalue weighted by atomic mass is 16.3. The van der Waals surface area contributed by atoms with E-state index in [4.69, 9.17) is 0 Å². The van der Waals surface area contributed by atoms with Crippen molar-refractivity contribution in [2.24, 2.45) is 0 Å². The van der Waals surface area contributed by atoms with Gasteiger partial charge >= 0.3 is 0 Å².